The Labute approximate surface area is 300 Å². The van der Waals surface area contributed by atoms with Crippen molar-refractivity contribution in [2.45, 2.75) is 160 Å². The third kappa shape index (κ3) is 23.0. The summed E-state index contributed by atoms with van der Waals surface area (Å²) >= 11 is 0. The Hall–Kier alpha value is -2.60. The summed E-state index contributed by atoms with van der Waals surface area (Å²) in [4.78, 5) is 25.0. The van der Waals surface area contributed by atoms with E-state index in [0.717, 1.165) is 57.8 Å². The lowest BCUT2D eigenvalue weighted by Crippen LogP contribution is -2.59. The van der Waals surface area contributed by atoms with Crippen molar-refractivity contribution in [3.05, 3.63) is 60.8 Å². The van der Waals surface area contributed by atoms with Gasteiger partial charge < -0.3 is 39.4 Å². The summed E-state index contributed by atoms with van der Waals surface area (Å²) in [6.07, 6.45) is 28.3. The molecule has 0 aromatic carbocycles. The summed E-state index contributed by atoms with van der Waals surface area (Å²) in [6, 6.07) is 0. The maximum absolute atomic E-state index is 12.6. The quantitative estimate of drug-likeness (QED) is 0.0375. The monoisotopic (exact) mass is 706 g/mol. The maximum atomic E-state index is 12.6. The van der Waals surface area contributed by atoms with Crippen LogP contribution in [0.5, 0.6) is 0 Å². The molecule has 0 bridgehead atoms. The number of hydrogen-bond acceptors (Lipinski definition) is 10. The average Bonchev–Trinajstić information content (AvgIpc) is 3.11. The highest BCUT2D eigenvalue weighted by atomic mass is 16.7. The molecule has 1 aliphatic rings. The molecule has 0 spiro atoms. The van der Waals surface area contributed by atoms with Crippen LogP contribution in [0.1, 0.15) is 123 Å². The molecule has 10 heteroatoms. The Kier molecular flexibility index (Phi) is 28.3. The Morgan fingerprint density at radius 3 is 1.76 bits per heavy atom. The normalized spacial score (nSPS) is 22.1. The number of carbonyl (C=O) groups excluding carboxylic acids is 2. The lowest BCUT2D eigenvalue weighted by atomic mass is 9.99. The molecule has 0 radical (unpaired) electrons. The Balaban J connectivity index is 2.42. The van der Waals surface area contributed by atoms with Gasteiger partial charge >= 0.3 is 11.9 Å². The van der Waals surface area contributed by atoms with E-state index < -0.39 is 55.4 Å². The van der Waals surface area contributed by atoms with E-state index in [-0.39, 0.29) is 26.1 Å². The van der Waals surface area contributed by atoms with Crippen LogP contribution in [-0.4, -0.2) is 89.0 Å². The number of carbonyl (C=O) groups is 2. The summed E-state index contributed by atoms with van der Waals surface area (Å²) < 4.78 is 21.9. The minimum absolute atomic E-state index is 0.195. The van der Waals surface area contributed by atoms with E-state index >= 15 is 0 Å². The first kappa shape index (κ1) is 45.4. The van der Waals surface area contributed by atoms with Gasteiger partial charge in [0.05, 0.1) is 13.2 Å². The van der Waals surface area contributed by atoms with Gasteiger partial charge in [0.2, 0.25) is 0 Å². The van der Waals surface area contributed by atoms with Crippen LogP contribution in [-0.2, 0) is 28.5 Å². The number of unbranched alkanes of at least 4 members (excludes halogenated alkanes) is 8. The summed E-state index contributed by atoms with van der Waals surface area (Å²) in [6.45, 7) is 3.18. The first-order valence-electron chi connectivity index (χ1n) is 18.9. The second kappa shape index (κ2) is 31.2. The number of allylic oxidation sites excluding steroid dienone is 10. The highest BCUT2D eigenvalue weighted by Gasteiger charge is 2.44. The van der Waals surface area contributed by atoms with Crippen LogP contribution in [0.2, 0.25) is 0 Å². The van der Waals surface area contributed by atoms with Gasteiger partial charge in [-0.3, -0.25) is 9.59 Å². The zero-order valence-corrected chi connectivity index (χ0v) is 30.6. The van der Waals surface area contributed by atoms with Crippen LogP contribution in [0.4, 0.5) is 0 Å². The number of hydrogen-bond donors (Lipinski definition) is 4. The fourth-order valence-corrected chi connectivity index (χ4v) is 5.16. The van der Waals surface area contributed by atoms with Gasteiger partial charge in [0.1, 0.15) is 31.0 Å². The molecule has 6 atom stereocenters. The fourth-order valence-electron chi connectivity index (χ4n) is 5.16. The molecule has 286 valence electrons. The topological polar surface area (TPSA) is 152 Å². The van der Waals surface area contributed by atoms with Crippen molar-refractivity contribution in [2.24, 2.45) is 0 Å². The Morgan fingerprint density at radius 1 is 0.640 bits per heavy atom. The minimum Gasteiger partial charge on any atom is -0.462 e. The number of ether oxygens (including phenoxy) is 4. The fraction of sp³-hybridized carbons (Fsp3) is 0.700. The third-order valence-electron chi connectivity index (χ3n) is 8.17. The SMILES string of the molecule is CC/C=C/C/C=C/C/C=C/C/C=C/C/C=C/CCCC(=O)OC[C@@H](CO[C@H]1O[C@@H](CO)[C@@H](O)C(O)C1O)OC(=O)CCCCCCCCCC. The molecule has 4 N–H and O–H groups in total. The van der Waals surface area contributed by atoms with Gasteiger partial charge in [0.15, 0.2) is 12.4 Å². The molecule has 1 fully saturated rings. The first-order valence-corrected chi connectivity index (χ1v) is 18.9. The van der Waals surface area contributed by atoms with E-state index in [1.165, 1.54) is 25.7 Å². The average molecular weight is 707 g/mol. The maximum Gasteiger partial charge on any atom is 0.306 e. The third-order valence-corrected chi connectivity index (χ3v) is 8.17. The molecule has 1 saturated heterocycles. The van der Waals surface area contributed by atoms with Crippen molar-refractivity contribution < 1.29 is 49.0 Å². The largest absolute Gasteiger partial charge is 0.462 e. The van der Waals surface area contributed by atoms with E-state index in [0.29, 0.717) is 12.8 Å². The molecule has 0 aliphatic carbocycles. The van der Waals surface area contributed by atoms with Crippen molar-refractivity contribution in [3.63, 3.8) is 0 Å². The summed E-state index contributed by atoms with van der Waals surface area (Å²) in [5, 5.41) is 39.8. The van der Waals surface area contributed by atoms with Crippen LogP contribution >= 0.6 is 0 Å². The Bertz CT molecular complexity index is 1000. The van der Waals surface area contributed by atoms with E-state index in [9.17, 15) is 30.0 Å². The molecule has 0 saturated carbocycles. The van der Waals surface area contributed by atoms with Crippen molar-refractivity contribution in [1.82, 2.24) is 0 Å². The molecule has 0 aromatic heterocycles. The minimum atomic E-state index is -1.60. The molecule has 0 aromatic rings. The first-order chi connectivity index (χ1) is 24.3. The predicted molar refractivity (Wildman–Crippen MR) is 196 cm³/mol. The number of rotatable bonds is 29. The van der Waals surface area contributed by atoms with Gasteiger partial charge in [-0.25, -0.2) is 0 Å². The molecule has 1 rings (SSSR count). The van der Waals surface area contributed by atoms with E-state index in [1.54, 1.807) is 0 Å². The molecule has 2 unspecified atom stereocenters. The lowest BCUT2D eigenvalue weighted by molar-refractivity contribution is -0.305. The van der Waals surface area contributed by atoms with Crippen LogP contribution in [0.25, 0.3) is 0 Å². The van der Waals surface area contributed by atoms with Crippen molar-refractivity contribution >= 4 is 11.9 Å². The van der Waals surface area contributed by atoms with Gasteiger partial charge in [0.25, 0.3) is 0 Å². The number of esters is 2. The van der Waals surface area contributed by atoms with E-state index in [1.807, 2.05) is 6.08 Å². The predicted octanol–water partition coefficient (Wildman–Crippen LogP) is 6.71. The van der Waals surface area contributed by atoms with Crippen LogP contribution < -0.4 is 0 Å². The number of aliphatic hydroxyl groups excluding tert-OH is 4. The Morgan fingerprint density at radius 2 is 1.18 bits per heavy atom. The second-order valence-electron chi connectivity index (χ2n) is 12.7. The molecule has 1 aliphatic heterocycles. The molecule has 10 nitrogen and oxygen atoms in total. The van der Waals surface area contributed by atoms with Crippen molar-refractivity contribution in [3.8, 4) is 0 Å². The standard InChI is InChI=1S/C40H66O10/c1-3-5-7-9-11-13-14-15-16-17-18-19-20-21-23-24-26-28-35(42)47-31-33(49-36(43)29-27-25-22-12-10-8-6-4-2)32-48-40-39(46)38(45)37(44)34(30-41)50-40/h5,7,11,13,15-16,18-19,21,23,33-34,37-41,44-46H,3-4,6,8-10,12,14,17,20,22,24-32H2,1-2H3/b7-5+,13-11+,16-15+,19-18+,23-21+/t33-,34-,37+,38?,39?,40-/m0/s1. The van der Waals surface area contributed by atoms with Gasteiger partial charge in [0, 0.05) is 12.8 Å². The van der Waals surface area contributed by atoms with Crippen molar-refractivity contribution in [1.29, 1.82) is 0 Å². The zero-order valence-electron chi connectivity index (χ0n) is 30.6. The van der Waals surface area contributed by atoms with E-state index in [4.69, 9.17) is 18.9 Å². The molecule has 1 heterocycles. The molecule has 50 heavy (non-hydrogen) atoms. The summed E-state index contributed by atoms with van der Waals surface area (Å²) in [7, 11) is 0. The smallest absolute Gasteiger partial charge is 0.306 e. The number of aliphatic hydroxyl groups is 4. The van der Waals surface area contributed by atoms with Gasteiger partial charge in [-0.2, -0.15) is 0 Å². The molecule has 0 amide bonds. The van der Waals surface area contributed by atoms with Gasteiger partial charge in [-0.05, 0) is 51.4 Å². The molecular formula is C40H66O10. The van der Waals surface area contributed by atoms with E-state index in [2.05, 4.69) is 68.5 Å². The summed E-state index contributed by atoms with van der Waals surface area (Å²) in [5.74, 6) is -0.887. The highest BCUT2D eigenvalue weighted by molar-refractivity contribution is 5.70. The van der Waals surface area contributed by atoms with Crippen molar-refractivity contribution in [2.75, 3.05) is 19.8 Å². The van der Waals surface area contributed by atoms with Crippen LogP contribution in [0.15, 0.2) is 60.8 Å². The van der Waals surface area contributed by atoms with Gasteiger partial charge in [-0.15, -0.1) is 0 Å². The molecular weight excluding hydrogens is 640 g/mol. The van der Waals surface area contributed by atoms with Crippen LogP contribution in [0, 0.1) is 0 Å². The lowest BCUT2D eigenvalue weighted by Gasteiger charge is -2.39. The zero-order chi connectivity index (χ0) is 36.7. The summed E-state index contributed by atoms with van der Waals surface area (Å²) in [5.41, 5.74) is 0. The second-order valence-corrected chi connectivity index (χ2v) is 12.7. The van der Waals surface area contributed by atoms with Gasteiger partial charge in [-0.1, -0.05) is 120 Å². The van der Waals surface area contributed by atoms with Crippen LogP contribution in [0.3, 0.4) is 0 Å². The highest BCUT2D eigenvalue weighted by Crippen LogP contribution is 2.22.